The van der Waals surface area contributed by atoms with Gasteiger partial charge in [-0.25, -0.2) is 8.42 Å². The fourth-order valence-corrected chi connectivity index (χ4v) is 4.88. The molecule has 0 bridgehead atoms. The van der Waals surface area contributed by atoms with E-state index in [1.165, 1.54) is 0 Å². The number of nitrogens with zero attached hydrogens (tertiary/aromatic N) is 2. The molecule has 0 spiro atoms. The molecule has 1 aliphatic rings. The average Bonchev–Trinajstić information content (AvgIpc) is 2.69. The van der Waals surface area contributed by atoms with E-state index in [9.17, 15) is 13.2 Å². The van der Waals surface area contributed by atoms with Gasteiger partial charge >= 0.3 is 0 Å². The highest BCUT2D eigenvalue weighted by atomic mass is 32.2. The van der Waals surface area contributed by atoms with Crippen LogP contribution in [0.3, 0.4) is 0 Å². The molecule has 1 heterocycles. The normalized spacial score (nSPS) is 16.3. The predicted molar refractivity (Wildman–Crippen MR) is 106 cm³/mol. The first kappa shape index (κ1) is 19.7. The highest BCUT2D eigenvalue weighted by Crippen LogP contribution is 2.19. The summed E-state index contributed by atoms with van der Waals surface area (Å²) >= 11 is 0. The third-order valence-corrected chi connectivity index (χ3v) is 6.83. The van der Waals surface area contributed by atoms with E-state index < -0.39 is 10.0 Å². The second-order valence-corrected chi connectivity index (χ2v) is 8.89. The Morgan fingerprint density at radius 3 is 2.33 bits per heavy atom. The Bertz CT molecular complexity index is 873. The molecule has 0 N–H and O–H groups in total. The molecule has 3 rings (SSSR count). The van der Waals surface area contributed by atoms with E-state index in [0.717, 1.165) is 24.1 Å². The molecule has 0 atom stereocenters. The van der Waals surface area contributed by atoms with Crippen LogP contribution >= 0.6 is 0 Å². The Morgan fingerprint density at radius 2 is 1.67 bits per heavy atom. The maximum Gasteiger partial charge on any atom is 0.243 e. The maximum atomic E-state index is 12.8. The molecule has 2 aromatic carbocycles. The van der Waals surface area contributed by atoms with Crippen LogP contribution in [0.15, 0.2) is 59.5 Å². The number of sulfonamides is 1. The van der Waals surface area contributed by atoms with Gasteiger partial charge in [0.2, 0.25) is 10.0 Å². The number of benzene rings is 2. The van der Waals surface area contributed by atoms with Crippen molar-refractivity contribution >= 4 is 15.8 Å². The van der Waals surface area contributed by atoms with Gasteiger partial charge < -0.3 is 4.90 Å². The van der Waals surface area contributed by atoms with Crippen LogP contribution in [-0.2, 0) is 10.0 Å². The summed E-state index contributed by atoms with van der Waals surface area (Å²) in [6.45, 7) is 5.09. The average molecular weight is 387 g/mol. The molecule has 1 saturated heterocycles. The van der Waals surface area contributed by atoms with Crippen molar-refractivity contribution in [2.24, 2.45) is 0 Å². The van der Waals surface area contributed by atoms with Crippen LogP contribution in [0.5, 0.6) is 0 Å². The number of hydrogen-bond donors (Lipinski definition) is 0. The van der Waals surface area contributed by atoms with Crippen LogP contribution in [0.25, 0.3) is 0 Å². The molecule has 27 heavy (non-hydrogen) atoms. The van der Waals surface area contributed by atoms with Crippen LogP contribution in [0.1, 0.15) is 28.8 Å². The van der Waals surface area contributed by atoms with E-state index in [1.807, 2.05) is 43.3 Å². The first-order chi connectivity index (χ1) is 13.0. The number of hydrogen-bond acceptors (Lipinski definition) is 4. The van der Waals surface area contributed by atoms with Crippen molar-refractivity contribution in [1.82, 2.24) is 9.21 Å². The summed E-state index contributed by atoms with van der Waals surface area (Å²) in [6.07, 6.45) is 1.31. The van der Waals surface area contributed by atoms with Gasteiger partial charge in [0.25, 0.3) is 0 Å². The number of carbonyl (C=O) groups excluding carboxylic acids is 1. The number of rotatable bonds is 7. The molecule has 0 aromatic heterocycles. The highest BCUT2D eigenvalue weighted by Gasteiger charge is 2.28. The number of piperazine rings is 1. The molecule has 0 unspecified atom stereocenters. The fourth-order valence-electron chi connectivity index (χ4n) is 3.35. The van der Waals surface area contributed by atoms with Crippen molar-refractivity contribution in [3.63, 3.8) is 0 Å². The molecular formula is C21H26N2O3S. The van der Waals surface area contributed by atoms with Gasteiger partial charge in [-0.05, 0) is 37.6 Å². The summed E-state index contributed by atoms with van der Waals surface area (Å²) in [5.74, 6) is 0.163. The standard InChI is InChI=1S/C21H26N2O3S/c1-18-7-5-10-20(17-18)27(25,26)23-15-13-22(14-16-23)12-6-11-21(24)19-8-3-2-4-9-19/h2-5,7-10,17H,6,11-16H2,1H3. The second-order valence-electron chi connectivity index (χ2n) is 6.95. The zero-order valence-corrected chi connectivity index (χ0v) is 16.5. The van der Waals surface area contributed by atoms with Gasteiger partial charge in [-0.1, -0.05) is 42.5 Å². The van der Waals surface area contributed by atoms with E-state index in [0.29, 0.717) is 37.5 Å². The number of ketones is 1. The summed E-state index contributed by atoms with van der Waals surface area (Å²) in [5.41, 5.74) is 1.70. The van der Waals surface area contributed by atoms with Gasteiger partial charge in [0.1, 0.15) is 0 Å². The lowest BCUT2D eigenvalue weighted by molar-refractivity contribution is 0.0971. The van der Waals surface area contributed by atoms with Gasteiger partial charge in [-0.15, -0.1) is 0 Å². The van der Waals surface area contributed by atoms with Gasteiger partial charge in [-0.2, -0.15) is 4.31 Å². The zero-order valence-electron chi connectivity index (χ0n) is 15.7. The predicted octanol–water partition coefficient (Wildman–Crippen LogP) is 2.96. The smallest absolute Gasteiger partial charge is 0.243 e. The maximum absolute atomic E-state index is 12.8. The van der Waals surface area contributed by atoms with Crippen LogP contribution in [-0.4, -0.2) is 56.1 Å². The van der Waals surface area contributed by atoms with E-state index in [2.05, 4.69) is 4.90 Å². The van der Waals surface area contributed by atoms with E-state index in [1.54, 1.807) is 22.5 Å². The largest absolute Gasteiger partial charge is 0.301 e. The quantitative estimate of drug-likeness (QED) is 0.687. The summed E-state index contributed by atoms with van der Waals surface area (Å²) in [6, 6.07) is 16.4. The van der Waals surface area contributed by atoms with Crippen molar-refractivity contribution in [2.45, 2.75) is 24.7 Å². The Hall–Kier alpha value is -2.02. The minimum atomic E-state index is -3.43. The second kappa shape index (κ2) is 8.78. The van der Waals surface area contributed by atoms with Crippen LogP contribution < -0.4 is 0 Å². The van der Waals surface area contributed by atoms with Gasteiger partial charge in [-0.3, -0.25) is 4.79 Å². The molecule has 1 fully saturated rings. The topological polar surface area (TPSA) is 57.7 Å². The minimum Gasteiger partial charge on any atom is -0.301 e. The number of Topliss-reactive ketones (excluding diaryl/α,β-unsaturated/α-hetero) is 1. The number of carbonyl (C=O) groups is 1. The van der Waals surface area contributed by atoms with Crippen molar-refractivity contribution in [1.29, 1.82) is 0 Å². The van der Waals surface area contributed by atoms with Gasteiger partial charge in [0, 0.05) is 38.2 Å². The monoisotopic (exact) mass is 386 g/mol. The lowest BCUT2D eigenvalue weighted by Gasteiger charge is -2.34. The number of aryl methyl sites for hydroxylation is 1. The molecule has 2 aromatic rings. The van der Waals surface area contributed by atoms with E-state index >= 15 is 0 Å². The van der Waals surface area contributed by atoms with Crippen molar-refractivity contribution < 1.29 is 13.2 Å². The first-order valence-corrected chi connectivity index (χ1v) is 10.8. The minimum absolute atomic E-state index is 0.163. The van der Waals surface area contributed by atoms with Crippen LogP contribution in [0.2, 0.25) is 0 Å². The Labute approximate surface area is 161 Å². The van der Waals surface area contributed by atoms with Crippen LogP contribution in [0.4, 0.5) is 0 Å². The molecule has 144 valence electrons. The molecule has 1 aliphatic heterocycles. The molecule has 0 amide bonds. The Balaban J connectivity index is 1.47. The molecule has 0 radical (unpaired) electrons. The summed E-state index contributed by atoms with van der Waals surface area (Å²) < 4.78 is 27.1. The van der Waals surface area contributed by atoms with Gasteiger partial charge in [0.15, 0.2) is 5.78 Å². The molecule has 5 nitrogen and oxygen atoms in total. The fraction of sp³-hybridized carbons (Fsp3) is 0.381. The van der Waals surface area contributed by atoms with Crippen LogP contribution in [0, 0.1) is 6.92 Å². The highest BCUT2D eigenvalue weighted by molar-refractivity contribution is 7.89. The molecule has 0 saturated carbocycles. The summed E-state index contributed by atoms with van der Waals surface area (Å²) in [7, 11) is -3.43. The Morgan fingerprint density at radius 1 is 0.963 bits per heavy atom. The van der Waals surface area contributed by atoms with E-state index in [4.69, 9.17) is 0 Å². The third-order valence-electron chi connectivity index (χ3n) is 4.93. The Kier molecular flexibility index (Phi) is 6.42. The van der Waals surface area contributed by atoms with Crippen molar-refractivity contribution in [3.05, 3.63) is 65.7 Å². The molecular weight excluding hydrogens is 360 g/mol. The molecule has 6 heteroatoms. The van der Waals surface area contributed by atoms with E-state index in [-0.39, 0.29) is 5.78 Å². The van der Waals surface area contributed by atoms with Gasteiger partial charge in [0.05, 0.1) is 4.90 Å². The molecule has 0 aliphatic carbocycles. The third kappa shape index (κ3) is 5.03. The summed E-state index contributed by atoms with van der Waals surface area (Å²) in [5, 5.41) is 0. The lowest BCUT2D eigenvalue weighted by atomic mass is 10.1. The SMILES string of the molecule is Cc1cccc(S(=O)(=O)N2CCN(CCCC(=O)c3ccccc3)CC2)c1. The lowest BCUT2D eigenvalue weighted by Crippen LogP contribution is -2.48. The first-order valence-electron chi connectivity index (χ1n) is 9.34. The van der Waals surface area contributed by atoms with Crippen molar-refractivity contribution in [2.75, 3.05) is 32.7 Å². The van der Waals surface area contributed by atoms with Crippen molar-refractivity contribution in [3.8, 4) is 0 Å². The zero-order chi connectivity index (χ0) is 19.3. The summed E-state index contributed by atoms with van der Waals surface area (Å²) in [4.78, 5) is 14.8.